The molecule has 2 heterocycles. The minimum Gasteiger partial charge on any atom is -0.348 e. The molecular weight excluding hydrogens is 196 g/mol. The maximum Gasteiger partial charge on any atom is 0.252 e. The Morgan fingerprint density at radius 3 is 3.07 bits per heavy atom. The Balaban J connectivity index is 1.98. The van der Waals surface area contributed by atoms with Crippen LogP contribution in [0.1, 0.15) is 22.3 Å². The molecular formula is C10H14N2OS. The van der Waals surface area contributed by atoms with Gasteiger partial charge in [0, 0.05) is 18.0 Å². The summed E-state index contributed by atoms with van der Waals surface area (Å²) in [6, 6.07) is 0.307. The highest BCUT2D eigenvalue weighted by molar-refractivity contribution is 7.08. The summed E-state index contributed by atoms with van der Waals surface area (Å²) in [6.45, 7) is 3.88. The summed E-state index contributed by atoms with van der Waals surface area (Å²) in [6.07, 6.45) is 1.04. The highest BCUT2D eigenvalue weighted by Crippen LogP contribution is 2.13. The molecule has 2 N–H and O–H groups in total. The first kappa shape index (κ1) is 9.68. The molecule has 1 aromatic rings. The normalized spacial score (nSPS) is 21.1. The van der Waals surface area contributed by atoms with Crippen molar-refractivity contribution in [3.8, 4) is 0 Å². The van der Waals surface area contributed by atoms with E-state index in [2.05, 4.69) is 10.6 Å². The Kier molecular flexibility index (Phi) is 2.84. The van der Waals surface area contributed by atoms with Gasteiger partial charge in [-0.1, -0.05) is 0 Å². The Morgan fingerprint density at radius 2 is 2.50 bits per heavy atom. The zero-order valence-electron chi connectivity index (χ0n) is 8.17. The van der Waals surface area contributed by atoms with Crippen LogP contribution in [0.25, 0.3) is 0 Å². The van der Waals surface area contributed by atoms with Crippen LogP contribution in [-0.4, -0.2) is 25.0 Å². The van der Waals surface area contributed by atoms with Gasteiger partial charge in [-0.15, -0.1) is 0 Å². The van der Waals surface area contributed by atoms with E-state index in [1.54, 1.807) is 11.3 Å². The molecule has 0 radical (unpaired) electrons. The molecule has 3 nitrogen and oxygen atoms in total. The van der Waals surface area contributed by atoms with E-state index in [0.717, 1.165) is 30.6 Å². The van der Waals surface area contributed by atoms with Crippen molar-refractivity contribution < 1.29 is 4.79 Å². The third-order valence-corrected chi connectivity index (χ3v) is 3.36. The zero-order chi connectivity index (χ0) is 9.97. The maximum absolute atomic E-state index is 11.8. The molecule has 4 heteroatoms. The molecule has 1 aromatic heterocycles. The monoisotopic (exact) mass is 210 g/mol. The molecule has 2 rings (SSSR count). The van der Waals surface area contributed by atoms with Gasteiger partial charge in [0.05, 0.1) is 5.56 Å². The van der Waals surface area contributed by atoms with E-state index in [9.17, 15) is 4.79 Å². The van der Waals surface area contributed by atoms with Crippen molar-refractivity contribution >= 4 is 17.2 Å². The van der Waals surface area contributed by atoms with Crippen molar-refractivity contribution in [2.24, 2.45) is 0 Å². The minimum absolute atomic E-state index is 0.0671. The number of carbonyl (C=O) groups is 1. The standard InChI is InChI=1S/C10H14N2OS/c1-7-5-14-6-9(7)10(13)12-8-2-3-11-4-8/h5-6,8,11H,2-4H2,1H3,(H,12,13). The highest BCUT2D eigenvalue weighted by Gasteiger charge is 2.18. The molecule has 1 aliphatic rings. The number of hydrogen-bond donors (Lipinski definition) is 2. The fourth-order valence-corrected chi connectivity index (χ4v) is 2.46. The molecule has 0 saturated carbocycles. The number of nitrogens with one attached hydrogen (secondary N) is 2. The van der Waals surface area contributed by atoms with E-state index in [-0.39, 0.29) is 5.91 Å². The summed E-state index contributed by atoms with van der Waals surface area (Å²) >= 11 is 1.58. The topological polar surface area (TPSA) is 41.1 Å². The lowest BCUT2D eigenvalue weighted by Crippen LogP contribution is -2.36. The smallest absolute Gasteiger partial charge is 0.252 e. The first-order valence-corrected chi connectivity index (χ1v) is 5.76. The van der Waals surface area contributed by atoms with Crippen molar-refractivity contribution in [3.05, 3.63) is 21.9 Å². The molecule has 1 unspecified atom stereocenters. The van der Waals surface area contributed by atoms with Crippen LogP contribution in [0.4, 0.5) is 0 Å². The van der Waals surface area contributed by atoms with Gasteiger partial charge < -0.3 is 10.6 Å². The zero-order valence-corrected chi connectivity index (χ0v) is 8.99. The Bertz CT molecular complexity index is 329. The molecule has 76 valence electrons. The van der Waals surface area contributed by atoms with Gasteiger partial charge in [0.25, 0.3) is 5.91 Å². The van der Waals surface area contributed by atoms with Crippen molar-refractivity contribution in [3.63, 3.8) is 0 Å². The number of amides is 1. The first-order valence-electron chi connectivity index (χ1n) is 4.82. The third kappa shape index (κ3) is 1.96. The summed E-state index contributed by atoms with van der Waals surface area (Å²) in [4.78, 5) is 11.8. The van der Waals surface area contributed by atoms with Crippen LogP contribution in [0.5, 0.6) is 0 Å². The first-order chi connectivity index (χ1) is 6.77. The Morgan fingerprint density at radius 1 is 1.64 bits per heavy atom. The molecule has 1 amide bonds. The average Bonchev–Trinajstić information content (AvgIpc) is 2.75. The number of carbonyl (C=O) groups excluding carboxylic acids is 1. The lowest BCUT2D eigenvalue weighted by Gasteiger charge is -2.10. The quantitative estimate of drug-likeness (QED) is 0.769. The summed E-state index contributed by atoms with van der Waals surface area (Å²) in [7, 11) is 0. The van der Waals surface area contributed by atoms with E-state index in [0.29, 0.717) is 6.04 Å². The van der Waals surface area contributed by atoms with Crippen LogP contribution < -0.4 is 10.6 Å². The van der Waals surface area contributed by atoms with E-state index < -0.39 is 0 Å². The third-order valence-electron chi connectivity index (χ3n) is 2.50. The van der Waals surface area contributed by atoms with Crippen LogP contribution in [0, 0.1) is 6.92 Å². The largest absolute Gasteiger partial charge is 0.348 e. The molecule has 1 fully saturated rings. The van der Waals surface area contributed by atoms with Crippen LogP contribution in [0.15, 0.2) is 10.8 Å². The molecule has 1 saturated heterocycles. The molecule has 0 aliphatic carbocycles. The van der Waals surface area contributed by atoms with Crippen LogP contribution in [0.2, 0.25) is 0 Å². The van der Waals surface area contributed by atoms with Crippen molar-refractivity contribution in [2.45, 2.75) is 19.4 Å². The summed E-state index contributed by atoms with van der Waals surface area (Å²) in [5.41, 5.74) is 1.89. The fraction of sp³-hybridized carbons (Fsp3) is 0.500. The SMILES string of the molecule is Cc1cscc1C(=O)NC1CCNC1. The number of thiophene rings is 1. The van der Waals surface area contributed by atoms with Gasteiger partial charge in [0.15, 0.2) is 0 Å². The number of aryl methyl sites for hydroxylation is 1. The second kappa shape index (κ2) is 4.11. The van der Waals surface area contributed by atoms with E-state index >= 15 is 0 Å². The van der Waals surface area contributed by atoms with E-state index in [1.807, 2.05) is 17.7 Å². The molecule has 0 aromatic carbocycles. The number of hydrogen-bond acceptors (Lipinski definition) is 3. The molecule has 1 aliphatic heterocycles. The van der Waals surface area contributed by atoms with Gasteiger partial charge in [0.2, 0.25) is 0 Å². The van der Waals surface area contributed by atoms with Gasteiger partial charge in [-0.25, -0.2) is 0 Å². The molecule has 0 bridgehead atoms. The van der Waals surface area contributed by atoms with Gasteiger partial charge in [-0.05, 0) is 30.8 Å². The van der Waals surface area contributed by atoms with Crippen molar-refractivity contribution in [1.29, 1.82) is 0 Å². The highest BCUT2D eigenvalue weighted by atomic mass is 32.1. The van der Waals surface area contributed by atoms with E-state index in [1.165, 1.54) is 0 Å². The van der Waals surface area contributed by atoms with Gasteiger partial charge in [-0.3, -0.25) is 4.79 Å². The van der Waals surface area contributed by atoms with E-state index in [4.69, 9.17) is 0 Å². The second-order valence-corrected chi connectivity index (χ2v) is 4.38. The average molecular weight is 210 g/mol. The maximum atomic E-state index is 11.8. The predicted molar refractivity (Wildman–Crippen MR) is 57.8 cm³/mol. The molecule has 1 atom stereocenters. The van der Waals surface area contributed by atoms with Crippen molar-refractivity contribution in [1.82, 2.24) is 10.6 Å². The van der Waals surface area contributed by atoms with Gasteiger partial charge in [0.1, 0.15) is 0 Å². The van der Waals surface area contributed by atoms with Gasteiger partial charge in [-0.2, -0.15) is 11.3 Å². The van der Waals surface area contributed by atoms with Crippen LogP contribution >= 0.6 is 11.3 Å². The Labute approximate surface area is 87.5 Å². The summed E-state index contributed by atoms with van der Waals surface area (Å²) in [5, 5.41) is 10.2. The van der Waals surface area contributed by atoms with Crippen molar-refractivity contribution in [2.75, 3.05) is 13.1 Å². The summed E-state index contributed by atoms with van der Waals surface area (Å²) in [5.74, 6) is 0.0671. The molecule has 0 spiro atoms. The van der Waals surface area contributed by atoms with Gasteiger partial charge >= 0.3 is 0 Å². The molecule has 14 heavy (non-hydrogen) atoms. The number of rotatable bonds is 2. The summed E-state index contributed by atoms with van der Waals surface area (Å²) < 4.78 is 0. The van der Waals surface area contributed by atoms with Crippen LogP contribution in [-0.2, 0) is 0 Å². The predicted octanol–water partition coefficient (Wildman–Crippen LogP) is 1.15. The minimum atomic E-state index is 0.0671. The lowest BCUT2D eigenvalue weighted by atomic mass is 10.2. The van der Waals surface area contributed by atoms with Crippen LogP contribution in [0.3, 0.4) is 0 Å². The fourth-order valence-electron chi connectivity index (χ4n) is 1.63. The second-order valence-electron chi connectivity index (χ2n) is 3.63. The lowest BCUT2D eigenvalue weighted by molar-refractivity contribution is 0.0940. The Hall–Kier alpha value is -0.870.